The third-order valence-corrected chi connectivity index (χ3v) is 25.8. The van der Waals surface area contributed by atoms with Crippen molar-refractivity contribution >= 4 is 154 Å². The van der Waals surface area contributed by atoms with Gasteiger partial charge < -0.3 is 129 Å². The van der Waals surface area contributed by atoms with Crippen LogP contribution in [0, 0.1) is 0 Å². The van der Waals surface area contributed by atoms with Gasteiger partial charge >= 0.3 is 59.7 Å². The lowest BCUT2D eigenvalue weighted by atomic mass is 9.97. The van der Waals surface area contributed by atoms with E-state index in [1.165, 1.54) is 41.5 Å². The number of nitrogens with one attached hydrogen (secondary N) is 10. The van der Waals surface area contributed by atoms with Crippen LogP contribution in [0.4, 0.5) is 0 Å². The molecule has 46 nitrogen and oxygen atoms in total. The fraction of sp³-hybridized carbons (Fsp3) is 0.735. The Kier molecular flexibility index (Phi) is 65.1. The maximum Gasteiger partial charge on any atom is 0.306 e. The largest absolute Gasteiger partial charge is 0.463 e. The van der Waals surface area contributed by atoms with Crippen LogP contribution in [-0.4, -0.2) is 330 Å². The minimum Gasteiger partial charge on any atom is -0.463 e. The highest BCUT2D eigenvalue weighted by molar-refractivity contribution is 8.00. The summed E-state index contributed by atoms with van der Waals surface area (Å²) in [5, 5.41) is 28.5. The predicted octanol–water partition coefficient (Wildman–Crippen LogP) is 4.25. The molecule has 3 heterocycles. The molecule has 4 rings (SSSR count). The Bertz CT molecular complexity index is 3950. The number of carbonyl (C=O) groups excluding carboxylic acids is 20. The molecule has 10 N–H and O–H groups in total. The molecular formula is C98H154N10O36S3. The van der Waals surface area contributed by atoms with Crippen LogP contribution in [0.3, 0.4) is 0 Å². The van der Waals surface area contributed by atoms with E-state index in [2.05, 4.69) is 53.2 Å². The van der Waals surface area contributed by atoms with Crippen molar-refractivity contribution in [2.24, 2.45) is 0 Å². The fourth-order valence-electron chi connectivity index (χ4n) is 15.6. The first-order valence-electron chi connectivity index (χ1n) is 50.0. The molecule has 3 aliphatic heterocycles. The average Bonchev–Trinajstić information content (AvgIpc) is 0.792. The molecule has 3 saturated heterocycles. The molecule has 10 amide bonds. The van der Waals surface area contributed by atoms with Crippen molar-refractivity contribution < 1.29 is 172 Å². The molecule has 147 heavy (non-hydrogen) atoms. The minimum atomic E-state index is -1.44. The summed E-state index contributed by atoms with van der Waals surface area (Å²) >= 11 is 3.39. The molecule has 0 aliphatic carbocycles. The molecule has 0 aromatic heterocycles. The van der Waals surface area contributed by atoms with Crippen LogP contribution in [0.1, 0.15) is 249 Å². The SMILES string of the molecule is CC(=O)N[C@@H]1[C@@H](OC(C)=O)[C@@H](OC(C)=O)[C@@H](COC(C)=O)O[C@H]1SCCC(=O)NCCCCCNC(=O)CCOCC(COCCC(=O)NCCCCCNC(=O)CCS[C@@H]1O[C@H](COC(C)=O)[C@H](OC(C)=O)[C@H](OC(C)=O)[C@H]1NC(C)=O)(COCCC(=O)NCCCCCNC(=O)CCS[C@@H]1O[C@H](COC(C)=O)[C@H](OC(C)=O)[C@H](OC(C)=O)[C@H]1NC(C)=O)NC(=O)CCCCCCCCCCC(=O)OCc1ccccc1. The summed E-state index contributed by atoms with van der Waals surface area (Å²) in [6.07, 6.45) is 0.798. The van der Waals surface area contributed by atoms with E-state index >= 15 is 0 Å². The van der Waals surface area contributed by atoms with E-state index in [4.69, 9.17) is 75.8 Å². The lowest BCUT2D eigenvalue weighted by Gasteiger charge is -2.45. The van der Waals surface area contributed by atoms with Crippen LogP contribution in [0.5, 0.6) is 0 Å². The van der Waals surface area contributed by atoms with Gasteiger partial charge in [-0.05, 0) is 76.2 Å². The second kappa shape index (κ2) is 74.4. The second-order valence-electron chi connectivity index (χ2n) is 35.5. The maximum atomic E-state index is 14.2. The van der Waals surface area contributed by atoms with Crippen LogP contribution >= 0.6 is 35.3 Å². The summed E-state index contributed by atoms with van der Waals surface area (Å²) in [4.78, 5) is 252. The second-order valence-corrected chi connectivity index (χ2v) is 39.1. The predicted molar refractivity (Wildman–Crippen MR) is 532 cm³/mol. The number of hydrogen-bond acceptors (Lipinski definition) is 39. The molecule has 0 spiro atoms. The van der Waals surface area contributed by atoms with Gasteiger partial charge in [-0.3, -0.25) is 95.9 Å². The van der Waals surface area contributed by atoms with E-state index in [1.807, 2.05) is 30.3 Å². The summed E-state index contributed by atoms with van der Waals surface area (Å²) in [6, 6.07) is 6.32. The summed E-state index contributed by atoms with van der Waals surface area (Å²) in [7, 11) is 0. The van der Waals surface area contributed by atoms with E-state index in [0.717, 1.165) is 121 Å². The third-order valence-electron chi connectivity index (χ3n) is 22.3. The van der Waals surface area contributed by atoms with Gasteiger partial charge in [0.05, 0.1) is 39.6 Å². The topological polar surface area (TPSA) is 609 Å². The van der Waals surface area contributed by atoms with Crippen LogP contribution < -0.4 is 53.2 Å². The lowest BCUT2D eigenvalue weighted by Crippen LogP contribution is -2.65. The number of carbonyl (C=O) groups is 20. The Morgan fingerprint density at radius 2 is 0.544 bits per heavy atom. The molecule has 1 aromatic rings. The zero-order valence-electron chi connectivity index (χ0n) is 86.6. The van der Waals surface area contributed by atoms with E-state index in [9.17, 15) is 95.9 Å². The van der Waals surface area contributed by atoms with E-state index in [1.54, 1.807) is 0 Å². The Morgan fingerprint density at radius 1 is 0.286 bits per heavy atom. The van der Waals surface area contributed by atoms with E-state index in [0.29, 0.717) is 96.7 Å². The number of unbranched alkanes of at least 4 members (excludes halogenated alkanes) is 13. The number of rotatable bonds is 74. The Labute approximate surface area is 871 Å². The van der Waals surface area contributed by atoms with Crippen LogP contribution in [-0.2, 0) is 178 Å². The summed E-state index contributed by atoms with van der Waals surface area (Å²) in [6.45, 7) is 13.8. The van der Waals surface area contributed by atoms with Crippen molar-refractivity contribution in [2.45, 2.75) is 345 Å². The van der Waals surface area contributed by atoms with Gasteiger partial charge in [0.15, 0.2) is 36.6 Å². The first kappa shape index (κ1) is 129. The molecule has 3 aliphatic rings. The third kappa shape index (κ3) is 58.3. The van der Waals surface area contributed by atoms with Gasteiger partial charge in [0, 0.05) is 191 Å². The van der Waals surface area contributed by atoms with Crippen LogP contribution in [0.2, 0.25) is 0 Å². The van der Waals surface area contributed by atoms with Crippen molar-refractivity contribution in [2.75, 3.05) is 116 Å². The van der Waals surface area contributed by atoms with Gasteiger partial charge in [0.2, 0.25) is 59.1 Å². The quantitative estimate of drug-likeness (QED) is 0.0247. The van der Waals surface area contributed by atoms with Crippen molar-refractivity contribution in [1.82, 2.24) is 53.2 Å². The normalized spacial score (nSPS) is 20.4. The van der Waals surface area contributed by atoms with Gasteiger partial charge in [-0.25, -0.2) is 0 Å². The molecule has 0 radical (unpaired) electrons. The van der Waals surface area contributed by atoms with Gasteiger partial charge in [-0.1, -0.05) is 68.9 Å². The van der Waals surface area contributed by atoms with Crippen LogP contribution in [0.15, 0.2) is 30.3 Å². The fourth-order valence-corrected chi connectivity index (χ4v) is 19.2. The van der Waals surface area contributed by atoms with Crippen molar-refractivity contribution in [1.29, 1.82) is 0 Å². The zero-order chi connectivity index (χ0) is 108. The smallest absolute Gasteiger partial charge is 0.306 e. The van der Waals surface area contributed by atoms with Crippen molar-refractivity contribution in [3.63, 3.8) is 0 Å². The number of esters is 10. The molecule has 15 atom stereocenters. The summed E-state index contributed by atoms with van der Waals surface area (Å²) in [5.74, 6) is -10.0. The van der Waals surface area contributed by atoms with Gasteiger partial charge in [-0.2, -0.15) is 0 Å². The highest BCUT2D eigenvalue weighted by atomic mass is 32.2. The number of thioether (sulfide) groups is 3. The van der Waals surface area contributed by atoms with Gasteiger partial charge in [0.1, 0.15) is 84.7 Å². The standard InChI is InChI=1S/C98H154N10O36S3/c1-62(109)105-86-92(139-71(10)118)89(136-68(7)115)75(56-132-65(4)112)142-95(86)145-52-40-81(124)102-46-30-20-27-43-99-78(121)37-49-129-59-98(108-84(127)35-25-17-15-13-14-16-18-26-36-85(128)135-55-74-33-23-19-24-34-74,60-130-50-38-79(122)100-44-28-21-31-47-103-82(125)41-53-146-96-87(106-63(2)110)93(140-72(11)119)90(137-69(8)116)76(143-96)57-133-66(5)113)61-131-51-39-80(123)101-45-29-22-32-48-104-83(126)42-54-147-97-88(107-64(3)111)94(141-73(12)120)91(138-70(9)117)77(144-97)58-134-67(6)114/h19,23-24,33-34,75-77,86-97H,13-18,20-22,25-32,35-61H2,1-12H3,(H,99,121)(H,100,122)(H,101,123)(H,102,124)(H,103,125)(H,104,126)(H,105,109)(H,106,110)(H,107,111)(H,108,127)/t75-,76-,77-,86-,87-,88-,89+,90+,91+,92-,93-,94-,95+,96+,97+/m1/s1. The summed E-state index contributed by atoms with van der Waals surface area (Å²) < 4.78 is 91.3. The maximum absolute atomic E-state index is 14.2. The number of amides is 10. The molecule has 0 unspecified atom stereocenters. The highest BCUT2D eigenvalue weighted by Crippen LogP contribution is 2.37. The van der Waals surface area contributed by atoms with E-state index < -0.39 is 166 Å². The van der Waals surface area contributed by atoms with Gasteiger partial charge in [0.25, 0.3) is 0 Å². The molecular weight excluding hydrogens is 1990 g/mol. The van der Waals surface area contributed by atoms with Crippen molar-refractivity contribution in [3.05, 3.63) is 35.9 Å². The van der Waals surface area contributed by atoms with Crippen molar-refractivity contribution in [3.8, 4) is 0 Å². The Balaban J connectivity index is 1.38. The monoisotopic (exact) mass is 2140 g/mol. The first-order chi connectivity index (χ1) is 70.1. The molecule has 830 valence electrons. The van der Waals surface area contributed by atoms with Crippen LogP contribution in [0.25, 0.3) is 0 Å². The number of hydrogen-bond donors (Lipinski definition) is 10. The Hall–Kier alpha value is -10.6. The highest BCUT2D eigenvalue weighted by Gasteiger charge is 2.54. The molecule has 0 saturated carbocycles. The molecule has 0 bridgehead atoms. The summed E-state index contributed by atoms with van der Waals surface area (Å²) in [5.41, 5.74) is -3.37. The molecule has 49 heteroatoms. The first-order valence-corrected chi connectivity index (χ1v) is 53.2. The number of ether oxygens (including phenoxy) is 16. The lowest BCUT2D eigenvalue weighted by molar-refractivity contribution is -0.211. The average molecular weight is 2140 g/mol. The van der Waals surface area contributed by atoms with E-state index in [-0.39, 0.29) is 195 Å². The molecule has 3 fully saturated rings. The molecule has 1 aromatic carbocycles. The number of benzene rings is 1. The Morgan fingerprint density at radius 3 is 0.816 bits per heavy atom. The minimum absolute atomic E-state index is 0.00638. The van der Waals surface area contributed by atoms with Gasteiger partial charge in [-0.15, -0.1) is 35.3 Å². The zero-order valence-corrected chi connectivity index (χ0v) is 89.0.